The summed E-state index contributed by atoms with van der Waals surface area (Å²) in [5, 5.41) is 0. The number of ether oxygens (including phenoxy) is 4. The third-order valence-corrected chi connectivity index (χ3v) is 5.18. The van der Waals surface area contributed by atoms with Crippen LogP contribution in [0.4, 0.5) is 0 Å². The van der Waals surface area contributed by atoms with Crippen LogP contribution in [0, 0.1) is 0 Å². The number of hydrogen-bond acceptors (Lipinski definition) is 8. The molecule has 2 aliphatic rings. The Hall–Kier alpha value is -0.730. The zero-order chi connectivity index (χ0) is 18.7. The molecule has 2 fully saturated rings. The van der Waals surface area contributed by atoms with Crippen molar-refractivity contribution < 1.29 is 37.1 Å². The lowest BCUT2D eigenvalue weighted by Crippen LogP contribution is -2.35. The Bertz CT molecular complexity index is 536. The van der Waals surface area contributed by atoms with Crippen LogP contribution in [0.2, 0.25) is 0 Å². The normalized spacial score (nSPS) is 31.4. The van der Waals surface area contributed by atoms with E-state index in [2.05, 4.69) is 6.58 Å². The molecule has 2 saturated heterocycles. The van der Waals surface area contributed by atoms with Crippen LogP contribution in [0.25, 0.3) is 0 Å². The second kappa shape index (κ2) is 8.31. The van der Waals surface area contributed by atoms with Gasteiger partial charge in [-0.1, -0.05) is 6.58 Å². The van der Waals surface area contributed by atoms with Gasteiger partial charge in [0.1, 0.15) is 24.1 Å². The SMILES string of the molecule is C=C(/C=C/C1OC2OC(C)(C)OC2C1OC)OP(=O)(OCC)OCC. The number of fused-ring (bicyclic) bond motifs is 1. The molecule has 2 rings (SSSR count). The highest BCUT2D eigenvalue weighted by Crippen LogP contribution is 2.51. The van der Waals surface area contributed by atoms with Crippen LogP contribution in [0.1, 0.15) is 27.7 Å². The zero-order valence-corrected chi connectivity index (χ0v) is 16.2. The molecule has 9 heteroatoms. The summed E-state index contributed by atoms with van der Waals surface area (Å²) in [5.41, 5.74) is 0. The van der Waals surface area contributed by atoms with Gasteiger partial charge in [0.05, 0.1) is 13.2 Å². The molecule has 144 valence electrons. The Morgan fingerprint density at radius 2 is 1.88 bits per heavy atom. The number of allylic oxidation sites excluding steroid dienone is 1. The Balaban J connectivity index is 1.97. The van der Waals surface area contributed by atoms with Crippen LogP contribution in [0.15, 0.2) is 24.5 Å². The van der Waals surface area contributed by atoms with Gasteiger partial charge in [0.15, 0.2) is 12.1 Å². The van der Waals surface area contributed by atoms with Crippen molar-refractivity contribution in [1.29, 1.82) is 0 Å². The predicted octanol–water partition coefficient (Wildman–Crippen LogP) is 3.15. The van der Waals surface area contributed by atoms with Crippen molar-refractivity contribution in [3.8, 4) is 0 Å². The fourth-order valence-corrected chi connectivity index (χ4v) is 3.87. The molecule has 0 bridgehead atoms. The van der Waals surface area contributed by atoms with Crippen LogP contribution >= 0.6 is 7.82 Å². The molecule has 0 N–H and O–H groups in total. The predicted molar refractivity (Wildman–Crippen MR) is 89.7 cm³/mol. The Morgan fingerprint density at radius 3 is 2.44 bits per heavy atom. The maximum atomic E-state index is 12.3. The van der Waals surface area contributed by atoms with E-state index >= 15 is 0 Å². The second-order valence-corrected chi connectivity index (χ2v) is 7.56. The molecule has 4 unspecified atom stereocenters. The molecule has 0 saturated carbocycles. The highest BCUT2D eigenvalue weighted by atomic mass is 31.2. The summed E-state index contributed by atoms with van der Waals surface area (Å²) < 4.78 is 50.5. The molecule has 0 spiro atoms. The van der Waals surface area contributed by atoms with Gasteiger partial charge in [-0.25, -0.2) is 4.57 Å². The van der Waals surface area contributed by atoms with Gasteiger partial charge in [0.2, 0.25) is 0 Å². The van der Waals surface area contributed by atoms with Crippen LogP contribution in [0.3, 0.4) is 0 Å². The van der Waals surface area contributed by atoms with E-state index in [4.69, 9.17) is 32.5 Å². The highest BCUT2D eigenvalue weighted by Gasteiger charge is 2.54. The molecule has 8 nitrogen and oxygen atoms in total. The molecule has 0 aliphatic carbocycles. The van der Waals surface area contributed by atoms with Crippen molar-refractivity contribution in [1.82, 2.24) is 0 Å². The number of rotatable bonds is 9. The summed E-state index contributed by atoms with van der Waals surface area (Å²) in [6.07, 6.45) is 1.62. The summed E-state index contributed by atoms with van der Waals surface area (Å²) in [6, 6.07) is 0. The smallest absolute Gasteiger partial charge is 0.405 e. The molecule has 2 heterocycles. The van der Waals surface area contributed by atoms with Gasteiger partial charge in [0.25, 0.3) is 0 Å². The highest BCUT2D eigenvalue weighted by molar-refractivity contribution is 7.48. The van der Waals surface area contributed by atoms with Crippen molar-refractivity contribution in [2.45, 2.75) is 58.1 Å². The van der Waals surface area contributed by atoms with E-state index < -0.39 is 26.0 Å². The molecule has 0 aromatic heterocycles. The first kappa shape index (κ1) is 20.6. The summed E-state index contributed by atoms with van der Waals surface area (Å²) in [6.45, 7) is 11.1. The Labute approximate surface area is 148 Å². The minimum absolute atomic E-state index is 0.128. The topological polar surface area (TPSA) is 81.7 Å². The van der Waals surface area contributed by atoms with E-state index in [9.17, 15) is 4.57 Å². The fourth-order valence-electron chi connectivity index (χ4n) is 2.71. The van der Waals surface area contributed by atoms with Gasteiger partial charge in [-0.2, -0.15) is 0 Å². The number of methoxy groups -OCH3 is 1. The minimum Gasteiger partial charge on any atom is -0.405 e. The quantitative estimate of drug-likeness (QED) is 0.344. The van der Waals surface area contributed by atoms with Gasteiger partial charge in [-0.05, 0) is 39.8 Å². The average Bonchev–Trinajstić information content (AvgIpc) is 2.96. The van der Waals surface area contributed by atoms with E-state index in [0.717, 1.165) is 0 Å². The lowest BCUT2D eigenvalue weighted by molar-refractivity contribution is -0.210. The van der Waals surface area contributed by atoms with E-state index in [1.165, 1.54) is 6.08 Å². The molecule has 0 aromatic carbocycles. The van der Waals surface area contributed by atoms with Gasteiger partial charge in [-0.3, -0.25) is 9.05 Å². The first-order chi connectivity index (χ1) is 11.7. The lowest BCUT2D eigenvalue weighted by Gasteiger charge is -2.23. The van der Waals surface area contributed by atoms with Crippen molar-refractivity contribution in [3.05, 3.63) is 24.5 Å². The van der Waals surface area contributed by atoms with E-state index in [1.807, 2.05) is 13.8 Å². The first-order valence-electron chi connectivity index (χ1n) is 8.23. The molecule has 0 amide bonds. The largest absolute Gasteiger partial charge is 0.530 e. The third-order valence-electron chi connectivity index (χ3n) is 3.57. The fraction of sp³-hybridized carbons (Fsp3) is 0.750. The van der Waals surface area contributed by atoms with Crippen LogP contribution in [-0.2, 0) is 37.1 Å². The van der Waals surface area contributed by atoms with Gasteiger partial charge in [0, 0.05) is 7.11 Å². The molecule has 25 heavy (non-hydrogen) atoms. The number of phosphoric ester groups is 1. The van der Waals surface area contributed by atoms with E-state index in [0.29, 0.717) is 0 Å². The van der Waals surface area contributed by atoms with Gasteiger partial charge in [-0.15, -0.1) is 0 Å². The Morgan fingerprint density at radius 1 is 1.24 bits per heavy atom. The van der Waals surface area contributed by atoms with Crippen molar-refractivity contribution in [2.24, 2.45) is 0 Å². The van der Waals surface area contributed by atoms with Crippen molar-refractivity contribution >= 4 is 7.82 Å². The van der Waals surface area contributed by atoms with Crippen LogP contribution < -0.4 is 0 Å². The summed E-state index contributed by atoms with van der Waals surface area (Å²) in [7, 11) is -2.09. The van der Waals surface area contributed by atoms with Gasteiger partial charge >= 0.3 is 7.82 Å². The first-order valence-corrected chi connectivity index (χ1v) is 9.69. The third kappa shape index (κ3) is 5.14. The minimum atomic E-state index is -3.67. The number of hydrogen-bond donors (Lipinski definition) is 0. The lowest BCUT2D eigenvalue weighted by atomic mass is 10.1. The average molecular weight is 378 g/mol. The monoisotopic (exact) mass is 378 g/mol. The van der Waals surface area contributed by atoms with Crippen molar-refractivity contribution in [3.63, 3.8) is 0 Å². The maximum Gasteiger partial charge on any atom is 0.530 e. The molecular weight excluding hydrogens is 351 g/mol. The van der Waals surface area contributed by atoms with E-state index in [-0.39, 0.29) is 31.2 Å². The van der Waals surface area contributed by atoms with Crippen LogP contribution in [-0.4, -0.2) is 50.7 Å². The zero-order valence-electron chi connectivity index (χ0n) is 15.3. The number of phosphoric acid groups is 1. The summed E-state index contributed by atoms with van der Waals surface area (Å²) in [4.78, 5) is 0. The maximum absolute atomic E-state index is 12.3. The standard InChI is InChI=1S/C16H27O8P/c1-7-19-25(17,20-8-2)24-11(3)9-10-12-13(18-6)14-15(21-12)23-16(4,5)22-14/h9-10,12-15H,3,7-8H2,1-2,4-6H3/b10-9+. The summed E-state index contributed by atoms with van der Waals surface area (Å²) >= 11 is 0. The molecule has 2 aliphatic heterocycles. The molecule has 4 atom stereocenters. The second-order valence-electron chi connectivity index (χ2n) is 5.97. The molecule has 0 aromatic rings. The Kier molecular flexibility index (Phi) is 6.84. The van der Waals surface area contributed by atoms with E-state index in [1.54, 1.807) is 27.0 Å². The molecule has 0 radical (unpaired) electrons. The van der Waals surface area contributed by atoms with Crippen LogP contribution in [0.5, 0.6) is 0 Å². The van der Waals surface area contributed by atoms with Gasteiger partial charge < -0.3 is 23.5 Å². The van der Waals surface area contributed by atoms with Crippen molar-refractivity contribution in [2.75, 3.05) is 20.3 Å². The molecular formula is C16H27O8P. The summed E-state index contributed by atoms with van der Waals surface area (Å²) in [5.74, 6) is -0.585.